The summed E-state index contributed by atoms with van der Waals surface area (Å²) < 4.78 is 26.4. The Bertz CT molecular complexity index is 999. The first-order valence-electron chi connectivity index (χ1n) is 10.1. The van der Waals surface area contributed by atoms with Gasteiger partial charge in [0.25, 0.3) is 5.91 Å². The molecular formula is C22H27N3O3S. The number of sulfonamides is 1. The summed E-state index contributed by atoms with van der Waals surface area (Å²) in [6.07, 6.45) is 0.636. The molecule has 0 saturated carbocycles. The van der Waals surface area contributed by atoms with E-state index in [-0.39, 0.29) is 17.7 Å². The normalized spacial score (nSPS) is 19.4. The first-order valence-corrected chi connectivity index (χ1v) is 11.8. The van der Waals surface area contributed by atoms with Gasteiger partial charge in [-0.1, -0.05) is 18.2 Å². The zero-order valence-electron chi connectivity index (χ0n) is 16.9. The first kappa shape index (κ1) is 19.8. The smallest absolute Gasteiger partial charge is 0.253 e. The Morgan fingerprint density at radius 2 is 1.72 bits per heavy atom. The lowest BCUT2D eigenvalue weighted by Gasteiger charge is -2.36. The number of anilines is 2. The standard InChI is InChI=1S/C22H27N3O3S/c1-3-29(27,28)25-17(2)15-19-16-18(9-10-21(19)25)22(26)24-13-11-23(12-14-24)20-7-5-4-6-8-20/h4-10,16-17H,3,11-15H2,1-2H3/t17-/m0/s1. The minimum absolute atomic E-state index is 0.0185. The van der Waals surface area contributed by atoms with Crippen molar-refractivity contribution < 1.29 is 13.2 Å². The summed E-state index contributed by atoms with van der Waals surface area (Å²) in [5, 5.41) is 0. The third-order valence-corrected chi connectivity index (χ3v) is 7.72. The van der Waals surface area contributed by atoms with E-state index < -0.39 is 10.0 Å². The van der Waals surface area contributed by atoms with Crippen LogP contribution in [0.3, 0.4) is 0 Å². The van der Waals surface area contributed by atoms with Crippen LogP contribution in [0.5, 0.6) is 0 Å². The van der Waals surface area contributed by atoms with Crippen LogP contribution in [-0.2, 0) is 16.4 Å². The second-order valence-corrected chi connectivity index (χ2v) is 9.84. The molecular weight excluding hydrogens is 386 g/mol. The topological polar surface area (TPSA) is 60.9 Å². The molecule has 2 aliphatic rings. The van der Waals surface area contributed by atoms with Gasteiger partial charge in [-0.05, 0) is 56.2 Å². The molecule has 0 aromatic heterocycles. The summed E-state index contributed by atoms with van der Waals surface area (Å²) in [6.45, 7) is 6.54. The molecule has 1 amide bonds. The number of benzene rings is 2. The maximum Gasteiger partial charge on any atom is 0.253 e. The molecule has 4 rings (SSSR count). The van der Waals surface area contributed by atoms with Crippen molar-refractivity contribution in [1.29, 1.82) is 0 Å². The van der Waals surface area contributed by atoms with Crippen molar-refractivity contribution in [3.05, 3.63) is 59.7 Å². The molecule has 1 saturated heterocycles. The second-order valence-electron chi connectivity index (χ2n) is 7.71. The van der Waals surface area contributed by atoms with Crippen molar-refractivity contribution in [2.45, 2.75) is 26.3 Å². The van der Waals surface area contributed by atoms with Crippen LogP contribution in [0, 0.1) is 0 Å². The lowest BCUT2D eigenvalue weighted by Crippen LogP contribution is -2.48. The number of piperazine rings is 1. The molecule has 6 nitrogen and oxygen atoms in total. The van der Waals surface area contributed by atoms with Gasteiger partial charge in [-0.15, -0.1) is 0 Å². The minimum atomic E-state index is -3.31. The van der Waals surface area contributed by atoms with Crippen molar-refractivity contribution in [2.24, 2.45) is 0 Å². The fourth-order valence-corrected chi connectivity index (χ4v) is 5.67. The van der Waals surface area contributed by atoms with E-state index in [9.17, 15) is 13.2 Å². The summed E-state index contributed by atoms with van der Waals surface area (Å²) in [5.74, 6) is 0.0911. The zero-order chi connectivity index (χ0) is 20.6. The molecule has 0 radical (unpaired) electrons. The van der Waals surface area contributed by atoms with Crippen LogP contribution < -0.4 is 9.21 Å². The number of hydrogen-bond acceptors (Lipinski definition) is 4. The second kappa shape index (κ2) is 7.71. The molecule has 0 N–H and O–H groups in total. The summed E-state index contributed by atoms with van der Waals surface area (Å²) >= 11 is 0. The van der Waals surface area contributed by atoms with Crippen LogP contribution >= 0.6 is 0 Å². The largest absolute Gasteiger partial charge is 0.368 e. The Hall–Kier alpha value is -2.54. The highest BCUT2D eigenvalue weighted by atomic mass is 32.2. The van der Waals surface area contributed by atoms with Crippen LogP contribution in [0.15, 0.2) is 48.5 Å². The summed E-state index contributed by atoms with van der Waals surface area (Å²) in [4.78, 5) is 17.2. The average Bonchev–Trinajstić information content (AvgIpc) is 3.09. The number of nitrogens with zero attached hydrogens (tertiary/aromatic N) is 3. The monoisotopic (exact) mass is 413 g/mol. The van der Waals surface area contributed by atoms with Crippen LogP contribution in [0.25, 0.3) is 0 Å². The Balaban J connectivity index is 1.48. The maximum atomic E-state index is 13.0. The predicted molar refractivity (Wildman–Crippen MR) is 116 cm³/mol. The van der Waals surface area contributed by atoms with Gasteiger partial charge in [0.2, 0.25) is 10.0 Å². The van der Waals surface area contributed by atoms with Crippen LogP contribution in [-0.4, -0.2) is 57.2 Å². The average molecular weight is 414 g/mol. The third-order valence-electron chi connectivity index (χ3n) is 5.83. The number of hydrogen-bond donors (Lipinski definition) is 0. The number of fused-ring (bicyclic) bond motifs is 1. The van der Waals surface area contributed by atoms with Gasteiger partial charge >= 0.3 is 0 Å². The highest BCUT2D eigenvalue weighted by Crippen LogP contribution is 2.35. The van der Waals surface area contributed by atoms with Crippen LogP contribution in [0.1, 0.15) is 29.8 Å². The van der Waals surface area contributed by atoms with Gasteiger partial charge in [0.05, 0.1) is 11.4 Å². The van der Waals surface area contributed by atoms with E-state index in [1.165, 1.54) is 9.99 Å². The fraction of sp³-hybridized carbons (Fsp3) is 0.409. The summed E-state index contributed by atoms with van der Waals surface area (Å²) in [5.41, 5.74) is 3.47. The summed E-state index contributed by atoms with van der Waals surface area (Å²) in [6, 6.07) is 15.6. The van der Waals surface area contributed by atoms with E-state index in [0.29, 0.717) is 30.8 Å². The Kier molecular flexibility index (Phi) is 5.25. The molecule has 0 bridgehead atoms. The lowest BCUT2D eigenvalue weighted by atomic mass is 10.1. The van der Waals surface area contributed by atoms with Crippen LogP contribution in [0.4, 0.5) is 11.4 Å². The number of carbonyl (C=O) groups excluding carboxylic acids is 1. The molecule has 2 aromatic carbocycles. The molecule has 154 valence electrons. The van der Waals surface area contributed by atoms with E-state index in [2.05, 4.69) is 17.0 Å². The molecule has 2 aliphatic heterocycles. The SMILES string of the molecule is CCS(=O)(=O)N1c2ccc(C(=O)N3CCN(c4ccccc4)CC3)cc2C[C@@H]1C. The van der Waals surface area contributed by atoms with Crippen molar-refractivity contribution >= 4 is 27.3 Å². The van der Waals surface area contributed by atoms with Crippen molar-refractivity contribution in [3.63, 3.8) is 0 Å². The van der Waals surface area contributed by atoms with Gasteiger partial charge in [-0.25, -0.2) is 8.42 Å². The van der Waals surface area contributed by atoms with Crippen molar-refractivity contribution in [1.82, 2.24) is 4.90 Å². The van der Waals surface area contributed by atoms with Gasteiger partial charge in [0.15, 0.2) is 0 Å². The summed E-state index contributed by atoms with van der Waals surface area (Å²) in [7, 11) is -3.31. The van der Waals surface area contributed by atoms with Crippen molar-refractivity contribution in [3.8, 4) is 0 Å². The molecule has 7 heteroatoms. The maximum absolute atomic E-state index is 13.0. The number of carbonyl (C=O) groups is 1. The molecule has 1 atom stereocenters. The van der Waals surface area contributed by atoms with Gasteiger partial charge in [0.1, 0.15) is 0 Å². The zero-order valence-corrected chi connectivity index (χ0v) is 17.7. The van der Waals surface area contributed by atoms with Gasteiger partial charge in [0, 0.05) is 43.5 Å². The molecule has 2 aromatic rings. The molecule has 1 fully saturated rings. The Morgan fingerprint density at radius 3 is 2.38 bits per heavy atom. The van der Waals surface area contributed by atoms with E-state index in [4.69, 9.17) is 0 Å². The fourth-order valence-electron chi connectivity index (χ4n) is 4.29. The minimum Gasteiger partial charge on any atom is -0.368 e. The highest BCUT2D eigenvalue weighted by molar-refractivity contribution is 7.92. The Morgan fingerprint density at radius 1 is 1.03 bits per heavy atom. The molecule has 2 heterocycles. The third kappa shape index (κ3) is 3.71. The molecule has 0 unspecified atom stereocenters. The van der Waals surface area contributed by atoms with Gasteiger partial charge in [-0.3, -0.25) is 9.10 Å². The number of para-hydroxylation sites is 1. The number of amides is 1. The van der Waals surface area contributed by atoms with Gasteiger partial charge in [-0.2, -0.15) is 0 Å². The Labute approximate surface area is 172 Å². The van der Waals surface area contributed by atoms with E-state index in [1.54, 1.807) is 19.1 Å². The first-order chi connectivity index (χ1) is 13.9. The van der Waals surface area contributed by atoms with E-state index in [1.807, 2.05) is 36.1 Å². The highest BCUT2D eigenvalue weighted by Gasteiger charge is 2.34. The molecule has 29 heavy (non-hydrogen) atoms. The lowest BCUT2D eigenvalue weighted by molar-refractivity contribution is 0.0746. The predicted octanol–water partition coefficient (Wildman–Crippen LogP) is 2.75. The van der Waals surface area contributed by atoms with E-state index >= 15 is 0 Å². The van der Waals surface area contributed by atoms with Gasteiger partial charge < -0.3 is 9.80 Å². The van der Waals surface area contributed by atoms with Crippen LogP contribution in [0.2, 0.25) is 0 Å². The molecule has 0 spiro atoms. The number of rotatable bonds is 4. The quantitative estimate of drug-likeness (QED) is 0.773. The molecule has 0 aliphatic carbocycles. The van der Waals surface area contributed by atoms with E-state index in [0.717, 1.165) is 18.7 Å². The van der Waals surface area contributed by atoms with Crippen molar-refractivity contribution in [2.75, 3.05) is 41.1 Å².